The van der Waals surface area contributed by atoms with Crippen LogP contribution in [0.15, 0.2) is 18.6 Å². The van der Waals surface area contributed by atoms with E-state index in [1.165, 1.54) is 19.3 Å². The molecule has 1 saturated heterocycles. The number of fused-ring (bicyclic) bond motifs is 1. The van der Waals surface area contributed by atoms with Crippen molar-refractivity contribution in [3.63, 3.8) is 0 Å². The van der Waals surface area contributed by atoms with Gasteiger partial charge < -0.3 is 4.90 Å². The van der Waals surface area contributed by atoms with Crippen LogP contribution in [0.1, 0.15) is 36.5 Å². The third kappa shape index (κ3) is 2.52. The molecule has 0 atom stereocenters. The first-order valence-corrected chi connectivity index (χ1v) is 8.67. The Labute approximate surface area is 140 Å². The smallest absolute Gasteiger partial charge is 0.163 e. The van der Waals surface area contributed by atoms with Gasteiger partial charge in [0.05, 0.1) is 22.3 Å². The number of hydrogen-bond donors (Lipinski definition) is 0. The second-order valence-electron chi connectivity index (χ2n) is 6.54. The first kappa shape index (κ1) is 15.0. The molecule has 3 heterocycles. The van der Waals surface area contributed by atoms with Crippen LogP contribution in [0.5, 0.6) is 0 Å². The fourth-order valence-corrected chi connectivity index (χ4v) is 3.92. The number of anilines is 1. The molecule has 2 aromatic heterocycles. The molecule has 0 unspecified atom stereocenters. The van der Waals surface area contributed by atoms with E-state index in [1.807, 2.05) is 4.40 Å². The molecule has 23 heavy (non-hydrogen) atoms. The minimum Gasteiger partial charge on any atom is -0.355 e. The van der Waals surface area contributed by atoms with Crippen LogP contribution in [0.4, 0.5) is 5.82 Å². The summed E-state index contributed by atoms with van der Waals surface area (Å²) < 4.78 is 1.96. The van der Waals surface area contributed by atoms with Crippen LogP contribution in [0.25, 0.3) is 5.52 Å². The number of ketones is 1. The lowest BCUT2D eigenvalue weighted by Crippen LogP contribution is -2.52. The summed E-state index contributed by atoms with van der Waals surface area (Å²) in [6, 6.07) is 2.57. The van der Waals surface area contributed by atoms with E-state index < -0.39 is 0 Å². The summed E-state index contributed by atoms with van der Waals surface area (Å²) >= 11 is 6.31. The van der Waals surface area contributed by atoms with E-state index >= 15 is 0 Å². The maximum Gasteiger partial charge on any atom is 0.163 e. The number of nitrogens with zero attached hydrogens (tertiary/aromatic N) is 4. The predicted octanol–water partition coefficient (Wildman–Crippen LogP) is 2.86. The molecule has 1 aliphatic carbocycles. The summed E-state index contributed by atoms with van der Waals surface area (Å²) in [6.45, 7) is 5.58. The van der Waals surface area contributed by atoms with Gasteiger partial charge in [-0.1, -0.05) is 18.0 Å². The van der Waals surface area contributed by atoms with E-state index in [-0.39, 0.29) is 5.78 Å². The quantitative estimate of drug-likeness (QED) is 0.810. The first-order valence-electron chi connectivity index (χ1n) is 8.29. The molecule has 0 N–H and O–H groups in total. The molecule has 0 spiro atoms. The summed E-state index contributed by atoms with van der Waals surface area (Å²) in [6.07, 6.45) is 7.55. The van der Waals surface area contributed by atoms with Crippen molar-refractivity contribution < 1.29 is 4.79 Å². The van der Waals surface area contributed by atoms with Crippen LogP contribution in [-0.4, -0.2) is 52.3 Å². The van der Waals surface area contributed by atoms with Gasteiger partial charge in [-0.3, -0.25) is 14.1 Å². The molecule has 0 bridgehead atoms. The number of rotatable bonds is 3. The van der Waals surface area contributed by atoms with Crippen molar-refractivity contribution >= 4 is 28.7 Å². The topological polar surface area (TPSA) is 40.9 Å². The van der Waals surface area contributed by atoms with Gasteiger partial charge >= 0.3 is 0 Å². The Morgan fingerprint density at radius 2 is 2.00 bits per heavy atom. The lowest BCUT2D eigenvalue weighted by Gasteiger charge is -2.43. The Morgan fingerprint density at radius 3 is 2.61 bits per heavy atom. The Balaban J connectivity index is 1.68. The fraction of sp³-hybridized carbons (Fsp3) is 0.529. The Morgan fingerprint density at radius 1 is 1.26 bits per heavy atom. The number of halogens is 1. The van der Waals surface area contributed by atoms with E-state index in [2.05, 4.69) is 14.8 Å². The van der Waals surface area contributed by atoms with E-state index in [1.54, 1.807) is 25.5 Å². The van der Waals surface area contributed by atoms with Gasteiger partial charge in [0.15, 0.2) is 5.78 Å². The van der Waals surface area contributed by atoms with Crippen LogP contribution < -0.4 is 4.90 Å². The van der Waals surface area contributed by atoms with Crippen molar-refractivity contribution in [2.24, 2.45) is 0 Å². The highest BCUT2D eigenvalue weighted by Gasteiger charge is 2.29. The van der Waals surface area contributed by atoms with Crippen LogP contribution in [0.3, 0.4) is 0 Å². The highest BCUT2D eigenvalue weighted by Crippen LogP contribution is 2.31. The van der Waals surface area contributed by atoms with Crippen molar-refractivity contribution in [3.05, 3.63) is 29.2 Å². The number of carbonyl (C=O) groups is 1. The SMILES string of the molecule is CC(=O)c1cc(Cl)c2cncn2c1N1CCN(C2CCC2)CC1. The van der Waals surface area contributed by atoms with Crippen LogP contribution in [0, 0.1) is 0 Å². The number of piperazine rings is 1. The average molecular weight is 333 g/mol. The molecule has 2 aliphatic rings. The number of hydrogen-bond acceptors (Lipinski definition) is 4. The highest BCUT2D eigenvalue weighted by molar-refractivity contribution is 6.34. The van der Waals surface area contributed by atoms with E-state index in [0.717, 1.165) is 43.6 Å². The zero-order valence-electron chi connectivity index (χ0n) is 13.3. The van der Waals surface area contributed by atoms with E-state index in [4.69, 9.17) is 11.6 Å². The molecule has 5 nitrogen and oxygen atoms in total. The summed E-state index contributed by atoms with van der Waals surface area (Å²) in [5, 5.41) is 0.574. The minimum atomic E-state index is 0.0407. The van der Waals surface area contributed by atoms with Gasteiger partial charge in [-0.15, -0.1) is 0 Å². The molecule has 0 radical (unpaired) electrons. The molecule has 4 rings (SSSR count). The normalized spacial score (nSPS) is 20.0. The molecule has 6 heteroatoms. The molecule has 1 aliphatic heterocycles. The molecule has 122 valence electrons. The van der Waals surface area contributed by atoms with Crippen molar-refractivity contribution in [2.45, 2.75) is 32.2 Å². The molecule has 2 fully saturated rings. The Hall–Kier alpha value is -1.59. The number of carbonyl (C=O) groups excluding carboxylic acids is 1. The van der Waals surface area contributed by atoms with Crippen molar-refractivity contribution in [3.8, 4) is 0 Å². The number of imidazole rings is 1. The van der Waals surface area contributed by atoms with Crippen molar-refractivity contribution in [1.82, 2.24) is 14.3 Å². The molecule has 0 aromatic carbocycles. The van der Waals surface area contributed by atoms with Crippen LogP contribution in [-0.2, 0) is 0 Å². The van der Waals surface area contributed by atoms with Gasteiger partial charge in [0.2, 0.25) is 0 Å². The van der Waals surface area contributed by atoms with Gasteiger partial charge in [0, 0.05) is 32.2 Å². The maximum atomic E-state index is 12.1. The fourth-order valence-electron chi connectivity index (χ4n) is 3.67. The van der Waals surface area contributed by atoms with Crippen LogP contribution >= 0.6 is 11.6 Å². The average Bonchev–Trinajstić information content (AvgIpc) is 2.96. The second kappa shape index (κ2) is 5.80. The minimum absolute atomic E-state index is 0.0407. The predicted molar refractivity (Wildman–Crippen MR) is 91.6 cm³/mol. The van der Waals surface area contributed by atoms with Crippen molar-refractivity contribution in [2.75, 3.05) is 31.1 Å². The molecular weight excluding hydrogens is 312 g/mol. The van der Waals surface area contributed by atoms with Gasteiger partial charge in [-0.2, -0.15) is 0 Å². The molecule has 1 saturated carbocycles. The van der Waals surface area contributed by atoms with Crippen LogP contribution in [0.2, 0.25) is 5.02 Å². The second-order valence-corrected chi connectivity index (χ2v) is 6.95. The lowest BCUT2D eigenvalue weighted by molar-refractivity contribution is 0.101. The summed E-state index contributed by atoms with van der Waals surface area (Å²) in [5.41, 5.74) is 1.53. The highest BCUT2D eigenvalue weighted by atomic mass is 35.5. The Bertz CT molecular complexity index is 744. The van der Waals surface area contributed by atoms with Gasteiger partial charge in [0.25, 0.3) is 0 Å². The van der Waals surface area contributed by atoms with Gasteiger partial charge in [-0.25, -0.2) is 4.98 Å². The summed E-state index contributed by atoms with van der Waals surface area (Å²) in [5.74, 6) is 0.974. The summed E-state index contributed by atoms with van der Waals surface area (Å²) in [7, 11) is 0. The number of Topliss-reactive ketones (excluding diaryl/α,β-unsaturated/α-hetero) is 1. The summed E-state index contributed by atoms with van der Waals surface area (Å²) in [4.78, 5) is 21.2. The lowest BCUT2D eigenvalue weighted by atomic mass is 9.91. The first-order chi connectivity index (χ1) is 11.1. The monoisotopic (exact) mass is 332 g/mol. The number of aromatic nitrogens is 2. The zero-order valence-corrected chi connectivity index (χ0v) is 14.1. The zero-order chi connectivity index (χ0) is 16.0. The Kier molecular flexibility index (Phi) is 3.77. The standard InChI is InChI=1S/C17H21ClN4O/c1-12(23)14-9-15(18)16-10-19-11-22(16)17(14)21-7-5-20(6-8-21)13-3-2-4-13/h9-11,13H,2-8H2,1H3. The van der Waals surface area contributed by atoms with Crippen molar-refractivity contribution in [1.29, 1.82) is 0 Å². The van der Waals surface area contributed by atoms with Gasteiger partial charge in [0.1, 0.15) is 12.1 Å². The third-order valence-electron chi connectivity index (χ3n) is 5.21. The van der Waals surface area contributed by atoms with Gasteiger partial charge in [-0.05, 0) is 25.8 Å². The molecule has 2 aromatic rings. The molecular formula is C17H21ClN4O. The molecule has 0 amide bonds. The third-order valence-corrected chi connectivity index (χ3v) is 5.51. The van der Waals surface area contributed by atoms with E-state index in [0.29, 0.717) is 10.6 Å². The van der Waals surface area contributed by atoms with E-state index in [9.17, 15) is 4.79 Å². The maximum absolute atomic E-state index is 12.1. The largest absolute Gasteiger partial charge is 0.355 e. The number of pyridine rings is 1.